The zero-order valence-corrected chi connectivity index (χ0v) is 18.0. The van der Waals surface area contributed by atoms with Crippen LogP contribution in [0.3, 0.4) is 0 Å². The van der Waals surface area contributed by atoms with Crippen LogP contribution >= 0.6 is 0 Å². The highest BCUT2D eigenvalue weighted by atomic mass is 16.3. The van der Waals surface area contributed by atoms with Crippen LogP contribution in [0.1, 0.15) is 86.3 Å². The van der Waals surface area contributed by atoms with E-state index in [1.807, 2.05) is 0 Å². The van der Waals surface area contributed by atoms with E-state index in [1.165, 1.54) is 64.2 Å². The number of aromatic nitrogens is 2. The van der Waals surface area contributed by atoms with Crippen molar-refractivity contribution in [1.29, 1.82) is 0 Å². The number of benzene rings is 1. The minimum atomic E-state index is -0.147. The molecule has 0 radical (unpaired) electrons. The number of carbonyl (C=O) groups excluding carboxylic acids is 1. The standard InChI is InChI=1S/C25H32N4O2/c30-20-4-3-18(21-22(20)27-23(26-21)19-9-13-1-2-17(19)8-13)24(31)28-29-25-10-14-5-15(11-25)7-16(6-14)12-25/h3-4,13-17,19,29-30H,1-2,5-12H2,(H,26,27)(H,28,31). The molecule has 31 heavy (non-hydrogen) atoms. The number of carbonyl (C=O) groups is 1. The number of phenols is 1. The predicted octanol–water partition coefficient (Wildman–Crippen LogP) is 4.38. The molecule has 0 saturated heterocycles. The molecular weight excluding hydrogens is 388 g/mol. The van der Waals surface area contributed by atoms with E-state index in [0.717, 1.165) is 29.5 Å². The van der Waals surface area contributed by atoms with Crippen LogP contribution in [-0.4, -0.2) is 26.5 Å². The van der Waals surface area contributed by atoms with Gasteiger partial charge in [0.2, 0.25) is 0 Å². The van der Waals surface area contributed by atoms with E-state index < -0.39 is 0 Å². The Bertz CT molecular complexity index is 1020. The van der Waals surface area contributed by atoms with Gasteiger partial charge in [0.25, 0.3) is 5.91 Å². The van der Waals surface area contributed by atoms with E-state index >= 15 is 0 Å². The van der Waals surface area contributed by atoms with E-state index in [-0.39, 0.29) is 17.2 Å². The molecule has 1 amide bonds. The number of rotatable bonds is 4. The Hall–Kier alpha value is -2.08. The van der Waals surface area contributed by atoms with E-state index in [9.17, 15) is 9.90 Å². The summed E-state index contributed by atoms with van der Waals surface area (Å²) in [5, 5.41) is 10.4. The van der Waals surface area contributed by atoms with Gasteiger partial charge in [-0.25, -0.2) is 10.4 Å². The van der Waals surface area contributed by atoms with Crippen molar-refractivity contribution in [2.24, 2.45) is 29.6 Å². The van der Waals surface area contributed by atoms with Crippen molar-refractivity contribution in [1.82, 2.24) is 20.8 Å². The number of phenolic OH excluding ortho intramolecular Hbond substituents is 1. The van der Waals surface area contributed by atoms with Gasteiger partial charge < -0.3 is 10.1 Å². The number of fused-ring (bicyclic) bond motifs is 3. The molecule has 6 heteroatoms. The second-order valence-corrected chi connectivity index (χ2v) is 11.5. The zero-order chi connectivity index (χ0) is 20.7. The number of H-pyrrole nitrogens is 1. The van der Waals surface area contributed by atoms with Crippen molar-refractivity contribution in [3.05, 3.63) is 23.5 Å². The van der Waals surface area contributed by atoms with Crippen LogP contribution in [0.5, 0.6) is 5.75 Å². The Balaban J connectivity index is 1.14. The monoisotopic (exact) mass is 420 g/mol. The summed E-state index contributed by atoms with van der Waals surface area (Å²) in [5.41, 5.74) is 8.34. The Morgan fingerprint density at radius 2 is 1.74 bits per heavy atom. The third-order valence-corrected chi connectivity index (χ3v) is 9.45. The molecule has 3 unspecified atom stereocenters. The first-order valence-electron chi connectivity index (χ1n) is 12.3. The largest absolute Gasteiger partial charge is 0.506 e. The first-order chi connectivity index (χ1) is 15.1. The molecular formula is C25H32N4O2. The Morgan fingerprint density at radius 1 is 1.00 bits per heavy atom. The number of imidazole rings is 1. The average Bonchev–Trinajstić information content (AvgIpc) is 3.47. The smallest absolute Gasteiger partial charge is 0.267 e. The van der Waals surface area contributed by atoms with Gasteiger partial charge in [0.1, 0.15) is 22.6 Å². The highest BCUT2D eigenvalue weighted by molar-refractivity contribution is 6.06. The van der Waals surface area contributed by atoms with Crippen LogP contribution in [0.15, 0.2) is 12.1 Å². The quantitative estimate of drug-likeness (QED) is 0.553. The number of amides is 1. The van der Waals surface area contributed by atoms with Crippen LogP contribution in [-0.2, 0) is 0 Å². The van der Waals surface area contributed by atoms with Crippen molar-refractivity contribution in [3.8, 4) is 5.75 Å². The van der Waals surface area contributed by atoms with Crippen molar-refractivity contribution in [2.45, 2.75) is 75.7 Å². The van der Waals surface area contributed by atoms with Crippen LogP contribution in [0, 0.1) is 29.6 Å². The van der Waals surface area contributed by atoms with Gasteiger partial charge in [0.15, 0.2) is 0 Å². The number of nitrogens with one attached hydrogen (secondary N) is 3. The van der Waals surface area contributed by atoms with Gasteiger partial charge in [-0.2, -0.15) is 0 Å². The Morgan fingerprint density at radius 3 is 2.39 bits per heavy atom. The number of hydrazine groups is 1. The van der Waals surface area contributed by atoms with Crippen molar-refractivity contribution in [3.63, 3.8) is 0 Å². The molecule has 164 valence electrons. The fourth-order valence-corrected chi connectivity index (χ4v) is 8.56. The third-order valence-electron chi connectivity index (χ3n) is 9.45. The lowest BCUT2D eigenvalue weighted by atomic mass is 9.53. The molecule has 3 atom stereocenters. The summed E-state index contributed by atoms with van der Waals surface area (Å²) in [6, 6.07) is 3.32. The molecule has 6 nitrogen and oxygen atoms in total. The second kappa shape index (κ2) is 6.47. The molecule has 6 fully saturated rings. The molecule has 6 aliphatic rings. The van der Waals surface area contributed by atoms with Gasteiger partial charge in [-0.3, -0.25) is 10.2 Å². The summed E-state index contributed by atoms with van der Waals surface area (Å²) in [6.45, 7) is 0. The molecule has 0 spiro atoms. The van der Waals surface area contributed by atoms with E-state index in [2.05, 4.69) is 15.8 Å². The molecule has 8 rings (SSSR count). The number of hydrogen-bond donors (Lipinski definition) is 4. The van der Waals surface area contributed by atoms with Gasteiger partial charge in [0, 0.05) is 11.5 Å². The summed E-state index contributed by atoms with van der Waals surface area (Å²) in [6.07, 6.45) is 12.8. The Kier molecular flexibility index (Phi) is 3.86. The minimum Gasteiger partial charge on any atom is -0.506 e. The molecule has 1 aromatic heterocycles. The highest BCUT2D eigenvalue weighted by Gasteiger charge is 2.51. The number of aromatic amines is 1. The summed E-state index contributed by atoms with van der Waals surface area (Å²) in [4.78, 5) is 21.5. The predicted molar refractivity (Wildman–Crippen MR) is 117 cm³/mol. The van der Waals surface area contributed by atoms with Crippen molar-refractivity contribution >= 4 is 16.9 Å². The van der Waals surface area contributed by atoms with Gasteiger partial charge in [-0.05, 0) is 99.5 Å². The molecule has 2 aromatic rings. The van der Waals surface area contributed by atoms with Gasteiger partial charge in [-0.15, -0.1) is 0 Å². The molecule has 6 bridgehead atoms. The van der Waals surface area contributed by atoms with Gasteiger partial charge in [0.05, 0.1) is 5.56 Å². The summed E-state index contributed by atoms with van der Waals surface area (Å²) in [7, 11) is 0. The minimum absolute atomic E-state index is 0.0697. The topological polar surface area (TPSA) is 90.0 Å². The molecule has 6 aliphatic carbocycles. The maximum absolute atomic E-state index is 13.2. The molecule has 6 saturated carbocycles. The number of hydrogen-bond acceptors (Lipinski definition) is 4. The highest BCUT2D eigenvalue weighted by Crippen LogP contribution is 2.55. The first-order valence-corrected chi connectivity index (χ1v) is 12.3. The fraction of sp³-hybridized carbons (Fsp3) is 0.680. The van der Waals surface area contributed by atoms with Gasteiger partial charge in [-0.1, -0.05) is 6.42 Å². The van der Waals surface area contributed by atoms with Crippen molar-refractivity contribution in [2.75, 3.05) is 0 Å². The molecule has 4 N–H and O–H groups in total. The molecule has 1 heterocycles. The van der Waals surface area contributed by atoms with E-state index in [4.69, 9.17) is 4.98 Å². The van der Waals surface area contributed by atoms with Crippen LogP contribution in [0.25, 0.3) is 11.0 Å². The SMILES string of the molecule is O=C(NNC12CC3CC(CC(C3)C1)C2)c1ccc(O)c2[nH]c(C3CC4CCC3C4)nc12. The lowest BCUT2D eigenvalue weighted by Gasteiger charge is -2.56. The lowest BCUT2D eigenvalue weighted by Crippen LogP contribution is -2.62. The fourth-order valence-electron chi connectivity index (χ4n) is 8.56. The first kappa shape index (κ1) is 18.5. The average molecular weight is 421 g/mol. The third kappa shape index (κ3) is 2.86. The second-order valence-electron chi connectivity index (χ2n) is 11.5. The van der Waals surface area contributed by atoms with Crippen LogP contribution < -0.4 is 10.9 Å². The number of aromatic hydroxyl groups is 1. The van der Waals surface area contributed by atoms with Crippen molar-refractivity contribution < 1.29 is 9.90 Å². The van der Waals surface area contributed by atoms with E-state index in [1.54, 1.807) is 12.1 Å². The molecule has 1 aromatic carbocycles. The Labute approximate surface area is 182 Å². The van der Waals surface area contributed by atoms with Crippen LogP contribution in [0.2, 0.25) is 0 Å². The lowest BCUT2D eigenvalue weighted by molar-refractivity contribution is -0.0257. The maximum atomic E-state index is 13.2. The summed E-state index contributed by atoms with van der Waals surface area (Å²) >= 11 is 0. The normalized spacial score (nSPS) is 40.1. The maximum Gasteiger partial charge on any atom is 0.267 e. The zero-order valence-electron chi connectivity index (χ0n) is 18.0. The van der Waals surface area contributed by atoms with Crippen LogP contribution in [0.4, 0.5) is 0 Å². The summed E-state index contributed by atoms with van der Waals surface area (Å²) in [5.74, 6) is 5.41. The summed E-state index contributed by atoms with van der Waals surface area (Å²) < 4.78 is 0. The van der Waals surface area contributed by atoms with Gasteiger partial charge >= 0.3 is 0 Å². The number of nitrogens with zero attached hydrogens (tertiary/aromatic N) is 1. The molecule has 0 aliphatic heterocycles. The van der Waals surface area contributed by atoms with E-state index in [0.29, 0.717) is 28.4 Å².